The second kappa shape index (κ2) is 10.8. The summed E-state index contributed by atoms with van der Waals surface area (Å²) >= 11 is 0. The van der Waals surface area contributed by atoms with Crippen LogP contribution in [0.15, 0.2) is 133 Å². The van der Waals surface area contributed by atoms with E-state index in [0.717, 1.165) is 0 Å². The smallest absolute Gasteiger partial charge is 0.0545 e. The first-order valence-corrected chi connectivity index (χ1v) is 21.6. The lowest BCUT2D eigenvalue weighted by Gasteiger charge is -2.55. The van der Waals surface area contributed by atoms with Gasteiger partial charge in [-0.1, -0.05) is 166 Å². The summed E-state index contributed by atoms with van der Waals surface area (Å²) in [4.78, 5) is 5.26. The van der Waals surface area contributed by atoms with E-state index in [1.807, 2.05) is 0 Å². The van der Waals surface area contributed by atoms with Gasteiger partial charge in [0.25, 0.3) is 0 Å². The number of hydrogen-bond donors (Lipinski definition) is 0. The topological polar surface area (TPSA) is 6.48 Å². The fraction of sp³-hybridized carbons (Fsp3) is 0.263. The van der Waals surface area contributed by atoms with Crippen LogP contribution in [-0.4, -0.2) is 0 Å². The Labute approximate surface area is 350 Å². The summed E-state index contributed by atoms with van der Waals surface area (Å²) in [5.74, 6) is 0. The van der Waals surface area contributed by atoms with Gasteiger partial charge in [-0.25, -0.2) is 0 Å². The van der Waals surface area contributed by atoms with Crippen LogP contribution < -0.4 is 9.80 Å². The zero-order chi connectivity index (χ0) is 40.8. The number of benzene rings is 7. The molecule has 2 nitrogen and oxygen atoms in total. The van der Waals surface area contributed by atoms with Crippen molar-refractivity contribution in [1.29, 1.82) is 0 Å². The number of nitrogens with zero attached hydrogens (tertiary/aromatic N) is 2. The van der Waals surface area contributed by atoms with Gasteiger partial charge in [0.05, 0.1) is 17.1 Å². The molecule has 0 spiro atoms. The van der Waals surface area contributed by atoms with E-state index in [9.17, 15) is 0 Å². The molecule has 0 amide bonds. The maximum atomic E-state index is 2.68. The average molecular weight is 765 g/mol. The fourth-order valence-electron chi connectivity index (χ4n) is 12.4. The highest BCUT2D eigenvalue weighted by molar-refractivity contribution is 6.00. The van der Waals surface area contributed by atoms with Gasteiger partial charge in [-0.3, -0.25) is 0 Å². The number of para-hydroxylation sites is 2. The second-order valence-electron chi connectivity index (χ2n) is 20.6. The van der Waals surface area contributed by atoms with Crippen molar-refractivity contribution in [3.8, 4) is 22.3 Å². The quantitative estimate of drug-likeness (QED) is 0.177. The molecule has 2 aliphatic carbocycles. The van der Waals surface area contributed by atoms with Crippen LogP contribution in [0.25, 0.3) is 22.3 Å². The van der Waals surface area contributed by atoms with Gasteiger partial charge >= 0.3 is 0 Å². The maximum Gasteiger partial charge on any atom is 0.0545 e. The molecule has 0 radical (unpaired) electrons. The van der Waals surface area contributed by atoms with E-state index in [2.05, 4.69) is 212 Å². The normalized spacial score (nSPS) is 18.6. The molecule has 12 rings (SSSR count). The molecule has 59 heavy (non-hydrogen) atoms. The van der Waals surface area contributed by atoms with Gasteiger partial charge in [0.1, 0.15) is 0 Å². The second-order valence-corrected chi connectivity index (χ2v) is 20.6. The van der Waals surface area contributed by atoms with Gasteiger partial charge in [-0.15, -0.1) is 0 Å². The third-order valence-electron chi connectivity index (χ3n) is 15.8. The SMILES string of the molecule is CC1(C)c2ccccc2-c2ccc(N(c3ccc4c(c3)C(C)(C)c3ccccc3-4)c3cc4c5c(c3)C(C)(C)c3cccc6c3N5c3c(cccc3C4(C)C)C6(C)C)cc21. The van der Waals surface area contributed by atoms with Crippen molar-refractivity contribution in [2.45, 2.75) is 96.3 Å². The summed E-state index contributed by atoms with van der Waals surface area (Å²) in [6.07, 6.45) is 0. The Bertz CT molecular complexity index is 2840. The minimum Gasteiger partial charge on any atom is -0.310 e. The van der Waals surface area contributed by atoms with E-state index >= 15 is 0 Å². The molecule has 0 atom stereocenters. The van der Waals surface area contributed by atoms with Crippen molar-refractivity contribution in [3.05, 3.63) is 189 Å². The Morgan fingerprint density at radius 2 is 0.593 bits per heavy atom. The highest BCUT2D eigenvalue weighted by Crippen LogP contribution is 2.67. The molecule has 7 aromatic rings. The Kier molecular flexibility index (Phi) is 6.45. The lowest BCUT2D eigenvalue weighted by molar-refractivity contribution is 0.566. The van der Waals surface area contributed by atoms with Gasteiger partial charge in [-0.05, 0) is 114 Å². The molecular formula is C57H52N2. The van der Waals surface area contributed by atoms with E-state index in [1.165, 1.54) is 112 Å². The Balaban J connectivity index is 1.15. The van der Waals surface area contributed by atoms with Crippen LogP contribution in [0.1, 0.15) is 125 Å². The zero-order valence-corrected chi connectivity index (χ0v) is 36.1. The Hall–Kier alpha value is -5.86. The fourth-order valence-corrected chi connectivity index (χ4v) is 12.4. The molecule has 0 aromatic heterocycles. The minimum absolute atomic E-state index is 0.118. The lowest BCUT2D eigenvalue weighted by atomic mass is 9.61. The molecule has 0 saturated heterocycles. The third-order valence-corrected chi connectivity index (χ3v) is 15.8. The van der Waals surface area contributed by atoms with Crippen LogP contribution in [0, 0.1) is 0 Å². The summed E-state index contributed by atoms with van der Waals surface area (Å²) in [5.41, 5.74) is 26.3. The van der Waals surface area contributed by atoms with E-state index in [-0.39, 0.29) is 27.1 Å². The van der Waals surface area contributed by atoms with E-state index < -0.39 is 0 Å². The van der Waals surface area contributed by atoms with Crippen molar-refractivity contribution in [3.63, 3.8) is 0 Å². The van der Waals surface area contributed by atoms with Crippen molar-refractivity contribution in [1.82, 2.24) is 0 Å². The molecule has 0 bridgehead atoms. The molecule has 2 heteroatoms. The summed E-state index contributed by atoms with van der Waals surface area (Å²) in [6.45, 7) is 24.3. The van der Waals surface area contributed by atoms with Crippen LogP contribution >= 0.6 is 0 Å². The first-order valence-electron chi connectivity index (χ1n) is 21.6. The maximum absolute atomic E-state index is 2.68. The Morgan fingerprint density at radius 3 is 1.02 bits per heavy atom. The molecule has 0 fully saturated rings. The largest absolute Gasteiger partial charge is 0.310 e. The summed E-state index contributed by atoms with van der Waals surface area (Å²) in [5, 5.41) is 0. The van der Waals surface area contributed by atoms with Crippen LogP contribution in [0.3, 0.4) is 0 Å². The van der Waals surface area contributed by atoms with Crippen molar-refractivity contribution >= 4 is 34.1 Å². The van der Waals surface area contributed by atoms with Crippen molar-refractivity contribution < 1.29 is 0 Å². The number of hydrogen-bond acceptors (Lipinski definition) is 2. The minimum atomic E-state index is -0.243. The molecule has 0 N–H and O–H groups in total. The summed E-state index contributed by atoms with van der Waals surface area (Å²) in [7, 11) is 0. The standard InChI is InChI=1S/C57H52N2/c1-53(2)40-19-13-11-17-36(40)38-27-25-33(29-46(38)53)58(34-26-28-39-37-18-12-14-20-41(37)54(3,4)47(39)30-34)35-31-48-52-49(32-35)57(9,10)45-24-16-22-43-51(45)59(52)50-42(55(43,5)6)21-15-23-44(50)56(48,7)8/h11-32H,1-10H3. The molecular weight excluding hydrogens is 713 g/mol. The first-order chi connectivity index (χ1) is 28.1. The van der Waals surface area contributed by atoms with Gasteiger partial charge in [0.2, 0.25) is 0 Å². The third kappa shape index (κ3) is 4.13. The molecule has 0 unspecified atom stereocenters. The number of fused-ring (bicyclic) bond motifs is 6. The molecule has 3 heterocycles. The van der Waals surface area contributed by atoms with E-state index in [1.54, 1.807) is 0 Å². The van der Waals surface area contributed by atoms with Crippen LogP contribution in [0.2, 0.25) is 0 Å². The average Bonchev–Trinajstić information content (AvgIpc) is 3.59. The number of anilines is 6. The lowest BCUT2D eigenvalue weighted by Crippen LogP contribution is -2.43. The molecule has 0 saturated carbocycles. The van der Waals surface area contributed by atoms with Crippen molar-refractivity contribution in [2.24, 2.45) is 0 Å². The predicted octanol–water partition coefficient (Wildman–Crippen LogP) is 15.2. The molecule has 5 aliphatic rings. The zero-order valence-electron chi connectivity index (χ0n) is 36.1. The van der Waals surface area contributed by atoms with E-state index in [0.29, 0.717) is 0 Å². The van der Waals surface area contributed by atoms with Crippen LogP contribution in [-0.2, 0) is 27.1 Å². The van der Waals surface area contributed by atoms with Gasteiger partial charge in [-0.2, -0.15) is 0 Å². The summed E-state index contributed by atoms with van der Waals surface area (Å²) < 4.78 is 0. The Morgan fingerprint density at radius 1 is 0.288 bits per heavy atom. The monoisotopic (exact) mass is 764 g/mol. The first kappa shape index (κ1) is 35.1. The van der Waals surface area contributed by atoms with Crippen molar-refractivity contribution in [2.75, 3.05) is 9.80 Å². The highest BCUT2D eigenvalue weighted by Gasteiger charge is 2.52. The van der Waals surface area contributed by atoms with E-state index in [4.69, 9.17) is 0 Å². The van der Waals surface area contributed by atoms with Crippen LogP contribution in [0.4, 0.5) is 34.1 Å². The van der Waals surface area contributed by atoms with Crippen LogP contribution in [0.5, 0.6) is 0 Å². The molecule has 290 valence electrons. The van der Waals surface area contributed by atoms with Gasteiger partial charge in [0.15, 0.2) is 0 Å². The van der Waals surface area contributed by atoms with Gasteiger partial charge < -0.3 is 9.80 Å². The van der Waals surface area contributed by atoms with Gasteiger partial charge in [0, 0.05) is 44.1 Å². The molecule has 3 aliphatic heterocycles. The molecule has 7 aromatic carbocycles. The summed E-state index contributed by atoms with van der Waals surface area (Å²) in [6, 6.07) is 51.8. The highest BCUT2D eigenvalue weighted by atomic mass is 15.2. The number of rotatable bonds is 3. The predicted molar refractivity (Wildman–Crippen MR) is 247 cm³/mol.